The third kappa shape index (κ3) is 2.28. The molecule has 0 aromatic carbocycles. The number of amides is 1. The van der Waals surface area contributed by atoms with Crippen LogP contribution in [-0.4, -0.2) is 36.0 Å². The van der Waals surface area contributed by atoms with Gasteiger partial charge in [0, 0.05) is 24.5 Å². The molecule has 20 heavy (non-hydrogen) atoms. The summed E-state index contributed by atoms with van der Waals surface area (Å²) in [7, 11) is 0. The first-order valence-corrected chi connectivity index (χ1v) is 8.73. The minimum absolute atomic E-state index is 0.293. The summed E-state index contributed by atoms with van der Waals surface area (Å²) in [5.41, 5.74) is 0. The van der Waals surface area contributed by atoms with Crippen molar-refractivity contribution in [1.29, 1.82) is 0 Å². The van der Waals surface area contributed by atoms with E-state index in [1.54, 1.807) is 0 Å². The Bertz CT molecular complexity index is 382. The normalized spacial score (nSPS) is 47.4. The lowest BCUT2D eigenvalue weighted by Crippen LogP contribution is -2.48. The van der Waals surface area contributed by atoms with Crippen LogP contribution in [0, 0.1) is 23.7 Å². The molecule has 0 aromatic heterocycles. The van der Waals surface area contributed by atoms with E-state index in [2.05, 4.69) is 17.1 Å². The van der Waals surface area contributed by atoms with Gasteiger partial charge in [-0.25, -0.2) is 0 Å². The predicted molar refractivity (Wildman–Crippen MR) is 79.2 cm³/mol. The summed E-state index contributed by atoms with van der Waals surface area (Å²) in [4.78, 5) is 15.4. The van der Waals surface area contributed by atoms with Crippen molar-refractivity contribution in [1.82, 2.24) is 10.2 Å². The molecule has 3 heteroatoms. The van der Waals surface area contributed by atoms with Gasteiger partial charge in [-0.2, -0.15) is 0 Å². The van der Waals surface area contributed by atoms with Gasteiger partial charge in [0.05, 0.1) is 0 Å². The Labute approximate surface area is 122 Å². The molecule has 2 saturated carbocycles. The molecule has 5 aliphatic rings. The van der Waals surface area contributed by atoms with Crippen LogP contribution in [0.5, 0.6) is 0 Å². The van der Waals surface area contributed by atoms with E-state index in [1.165, 1.54) is 32.1 Å². The van der Waals surface area contributed by atoms with E-state index in [9.17, 15) is 4.79 Å². The molecule has 3 saturated heterocycles. The fourth-order valence-corrected chi connectivity index (χ4v) is 5.64. The van der Waals surface area contributed by atoms with Crippen LogP contribution in [0.15, 0.2) is 0 Å². The number of nitrogens with one attached hydrogen (secondary N) is 1. The second-order valence-electron chi connectivity index (χ2n) is 8.00. The average Bonchev–Trinajstić information content (AvgIpc) is 2.62. The molecule has 0 aromatic rings. The lowest BCUT2D eigenvalue weighted by Gasteiger charge is -2.40. The molecule has 5 rings (SSSR count). The van der Waals surface area contributed by atoms with Crippen molar-refractivity contribution in [3.05, 3.63) is 0 Å². The Kier molecular flexibility index (Phi) is 3.29. The van der Waals surface area contributed by atoms with Gasteiger partial charge in [0.25, 0.3) is 0 Å². The van der Waals surface area contributed by atoms with E-state index in [-0.39, 0.29) is 0 Å². The number of carbonyl (C=O) groups is 1. The average molecular weight is 276 g/mol. The topological polar surface area (TPSA) is 32.3 Å². The fraction of sp³-hybridized carbons (Fsp3) is 0.941. The van der Waals surface area contributed by atoms with E-state index in [0.717, 1.165) is 43.7 Å². The number of hydrogen-bond donors (Lipinski definition) is 1. The highest BCUT2D eigenvalue weighted by molar-refractivity contribution is 5.79. The summed E-state index contributed by atoms with van der Waals surface area (Å²) in [6.45, 7) is 4.31. The van der Waals surface area contributed by atoms with Crippen LogP contribution < -0.4 is 5.32 Å². The van der Waals surface area contributed by atoms with E-state index >= 15 is 0 Å². The van der Waals surface area contributed by atoms with Crippen LogP contribution in [0.1, 0.15) is 51.9 Å². The fourth-order valence-electron chi connectivity index (χ4n) is 5.64. The molecule has 2 unspecified atom stereocenters. The number of fused-ring (bicyclic) bond motifs is 1. The standard InChI is InChI=1S/C17H28N2O/c1-11-4-15(2-3-18-11)17(20)19-10-14-6-12-5-13(7-14)9-16(19)8-12/h11-16,18H,2-10H2,1H3/t11-,12?,13?,14?,15-,16?/m0/s1. The molecule has 3 nitrogen and oxygen atoms in total. The number of carbonyl (C=O) groups excluding carboxylic acids is 1. The summed E-state index contributed by atoms with van der Waals surface area (Å²) in [6.07, 6.45) is 8.96. The second-order valence-corrected chi connectivity index (χ2v) is 8.00. The van der Waals surface area contributed by atoms with Gasteiger partial charge in [0.1, 0.15) is 0 Å². The van der Waals surface area contributed by atoms with E-state index < -0.39 is 0 Å². The van der Waals surface area contributed by atoms with Crippen molar-refractivity contribution in [3.8, 4) is 0 Å². The molecule has 3 aliphatic heterocycles. The first kappa shape index (κ1) is 13.1. The third-order valence-corrected chi connectivity index (χ3v) is 6.36. The Morgan fingerprint density at radius 2 is 1.70 bits per heavy atom. The minimum Gasteiger partial charge on any atom is -0.339 e. The monoisotopic (exact) mass is 276 g/mol. The number of nitrogens with zero attached hydrogens (tertiary/aromatic N) is 1. The van der Waals surface area contributed by atoms with Crippen molar-refractivity contribution >= 4 is 5.91 Å². The molecule has 0 radical (unpaired) electrons. The molecule has 1 N–H and O–H groups in total. The van der Waals surface area contributed by atoms with Gasteiger partial charge >= 0.3 is 0 Å². The van der Waals surface area contributed by atoms with Crippen molar-refractivity contribution in [3.63, 3.8) is 0 Å². The van der Waals surface area contributed by atoms with Crippen LogP contribution in [0.3, 0.4) is 0 Å². The first-order valence-electron chi connectivity index (χ1n) is 8.73. The molecule has 4 bridgehead atoms. The molecule has 4 atom stereocenters. The van der Waals surface area contributed by atoms with Gasteiger partial charge in [-0.3, -0.25) is 4.79 Å². The van der Waals surface area contributed by atoms with Gasteiger partial charge in [-0.1, -0.05) is 0 Å². The van der Waals surface area contributed by atoms with Gasteiger partial charge in [0.2, 0.25) is 5.91 Å². The zero-order valence-electron chi connectivity index (χ0n) is 12.7. The van der Waals surface area contributed by atoms with Gasteiger partial charge in [0.15, 0.2) is 0 Å². The largest absolute Gasteiger partial charge is 0.339 e. The van der Waals surface area contributed by atoms with Crippen molar-refractivity contribution in [2.75, 3.05) is 13.1 Å². The summed E-state index contributed by atoms with van der Waals surface area (Å²) >= 11 is 0. The van der Waals surface area contributed by atoms with Crippen LogP contribution >= 0.6 is 0 Å². The van der Waals surface area contributed by atoms with Gasteiger partial charge in [-0.05, 0) is 76.2 Å². The Hall–Kier alpha value is -0.570. The second kappa shape index (κ2) is 5.01. The minimum atomic E-state index is 0.293. The number of rotatable bonds is 1. The highest BCUT2D eigenvalue weighted by atomic mass is 16.2. The Morgan fingerprint density at radius 1 is 1.00 bits per heavy atom. The van der Waals surface area contributed by atoms with Crippen LogP contribution in [0.25, 0.3) is 0 Å². The summed E-state index contributed by atoms with van der Waals surface area (Å²) in [5, 5.41) is 3.47. The molecular weight excluding hydrogens is 248 g/mol. The highest BCUT2D eigenvalue weighted by Crippen LogP contribution is 2.47. The lowest BCUT2D eigenvalue weighted by atomic mass is 9.68. The van der Waals surface area contributed by atoms with Crippen LogP contribution in [0.2, 0.25) is 0 Å². The van der Waals surface area contributed by atoms with E-state index in [1.807, 2.05) is 0 Å². The first-order chi connectivity index (χ1) is 9.69. The smallest absolute Gasteiger partial charge is 0.226 e. The predicted octanol–water partition coefficient (Wildman–Crippen LogP) is 2.41. The van der Waals surface area contributed by atoms with E-state index in [4.69, 9.17) is 0 Å². The zero-order chi connectivity index (χ0) is 13.7. The molecule has 3 heterocycles. The summed E-state index contributed by atoms with van der Waals surface area (Å²) in [6, 6.07) is 1.10. The number of piperidine rings is 1. The molecule has 1 amide bonds. The third-order valence-electron chi connectivity index (χ3n) is 6.36. The summed E-state index contributed by atoms with van der Waals surface area (Å²) < 4.78 is 0. The quantitative estimate of drug-likeness (QED) is 0.797. The Morgan fingerprint density at radius 3 is 2.40 bits per heavy atom. The van der Waals surface area contributed by atoms with Crippen LogP contribution in [0.4, 0.5) is 0 Å². The van der Waals surface area contributed by atoms with Gasteiger partial charge < -0.3 is 10.2 Å². The maximum absolute atomic E-state index is 13.0. The Balaban J connectivity index is 1.51. The maximum Gasteiger partial charge on any atom is 0.226 e. The van der Waals surface area contributed by atoms with Crippen LogP contribution in [-0.2, 0) is 4.79 Å². The number of hydrogen-bond acceptors (Lipinski definition) is 2. The zero-order valence-corrected chi connectivity index (χ0v) is 12.7. The van der Waals surface area contributed by atoms with Crippen molar-refractivity contribution in [2.24, 2.45) is 23.7 Å². The SMILES string of the molecule is C[C@H]1C[C@@H](C(=O)N2CC3CC4CC(C3)CC2C4)CCN1. The molecule has 0 spiro atoms. The van der Waals surface area contributed by atoms with E-state index in [0.29, 0.717) is 23.9 Å². The van der Waals surface area contributed by atoms with Gasteiger partial charge in [-0.15, -0.1) is 0 Å². The van der Waals surface area contributed by atoms with Crippen molar-refractivity contribution < 1.29 is 4.79 Å². The van der Waals surface area contributed by atoms with Crippen molar-refractivity contribution in [2.45, 2.75) is 64.0 Å². The molecule has 112 valence electrons. The maximum atomic E-state index is 13.0. The molecular formula is C17H28N2O. The lowest BCUT2D eigenvalue weighted by molar-refractivity contribution is -0.139. The molecule has 5 fully saturated rings. The molecule has 2 aliphatic carbocycles. The highest BCUT2D eigenvalue weighted by Gasteiger charge is 2.45. The summed E-state index contributed by atoms with van der Waals surface area (Å²) in [5.74, 6) is 3.47.